The average Bonchev–Trinajstić information content (AvgIpc) is 2.95. The molecule has 3 atom stereocenters. The number of carboxylic acid groups (broad SMARTS) is 1. The van der Waals surface area contributed by atoms with E-state index in [2.05, 4.69) is 15.3 Å². The van der Waals surface area contributed by atoms with Crippen molar-refractivity contribution < 1.29 is 29.3 Å². The highest BCUT2D eigenvalue weighted by atomic mass is 32.2. The third-order valence-electron chi connectivity index (χ3n) is 6.09. The summed E-state index contributed by atoms with van der Waals surface area (Å²) >= 11 is 1.54. The third kappa shape index (κ3) is 8.35. The van der Waals surface area contributed by atoms with Crippen LogP contribution in [0.25, 0.3) is 0 Å². The first kappa shape index (κ1) is 27.7. The molecular formula is C28H31N3O6S. The molecule has 1 saturated heterocycles. The zero-order valence-corrected chi connectivity index (χ0v) is 21.7. The van der Waals surface area contributed by atoms with E-state index in [0.717, 1.165) is 22.3 Å². The van der Waals surface area contributed by atoms with Crippen molar-refractivity contribution in [3.05, 3.63) is 89.2 Å². The number of aromatic nitrogens is 2. The smallest absolute Gasteiger partial charge is 0.303 e. The summed E-state index contributed by atoms with van der Waals surface area (Å²) in [5.41, 5.74) is 3.64. The van der Waals surface area contributed by atoms with E-state index in [4.69, 9.17) is 14.6 Å². The van der Waals surface area contributed by atoms with Crippen LogP contribution in [0.4, 0.5) is 0 Å². The number of nitrogens with zero attached hydrogens (tertiary/aromatic N) is 2. The molecule has 1 amide bonds. The normalized spacial score (nSPS) is 19.1. The zero-order valence-electron chi connectivity index (χ0n) is 20.9. The first-order valence-electron chi connectivity index (χ1n) is 12.5. The Bertz CT molecular complexity index is 1180. The summed E-state index contributed by atoms with van der Waals surface area (Å²) < 4.78 is 12.7. The molecule has 10 heteroatoms. The van der Waals surface area contributed by atoms with Gasteiger partial charge in [0.05, 0.1) is 18.8 Å². The van der Waals surface area contributed by atoms with Crippen molar-refractivity contribution in [3.63, 3.8) is 0 Å². The van der Waals surface area contributed by atoms with Crippen LogP contribution < -0.4 is 5.32 Å². The number of carbonyl (C=O) groups is 2. The summed E-state index contributed by atoms with van der Waals surface area (Å²) in [6.07, 6.45) is 3.72. The largest absolute Gasteiger partial charge is 0.481 e. The number of thioether (sulfide) groups is 1. The molecule has 2 aromatic carbocycles. The van der Waals surface area contributed by atoms with Gasteiger partial charge in [-0.25, -0.2) is 9.97 Å². The zero-order chi connectivity index (χ0) is 26.7. The molecule has 200 valence electrons. The van der Waals surface area contributed by atoms with E-state index in [1.807, 2.05) is 48.5 Å². The molecule has 0 aliphatic carbocycles. The van der Waals surface area contributed by atoms with Crippen molar-refractivity contribution in [2.45, 2.75) is 62.5 Å². The summed E-state index contributed by atoms with van der Waals surface area (Å²) in [7, 11) is 0. The van der Waals surface area contributed by atoms with Gasteiger partial charge >= 0.3 is 5.97 Å². The molecule has 1 aromatic heterocycles. The van der Waals surface area contributed by atoms with E-state index in [9.17, 15) is 14.7 Å². The Labute approximate surface area is 225 Å². The number of benzene rings is 2. The fourth-order valence-corrected chi connectivity index (χ4v) is 4.85. The van der Waals surface area contributed by atoms with Crippen LogP contribution in [0.3, 0.4) is 0 Å². The minimum absolute atomic E-state index is 0.0109. The van der Waals surface area contributed by atoms with E-state index < -0.39 is 12.3 Å². The topological polar surface area (TPSA) is 131 Å². The lowest BCUT2D eigenvalue weighted by Gasteiger charge is -2.36. The molecule has 0 spiro atoms. The second-order valence-electron chi connectivity index (χ2n) is 8.96. The van der Waals surface area contributed by atoms with Gasteiger partial charge < -0.3 is 25.0 Å². The first-order valence-corrected chi connectivity index (χ1v) is 13.5. The molecule has 38 heavy (non-hydrogen) atoms. The predicted molar refractivity (Wildman–Crippen MR) is 141 cm³/mol. The molecule has 1 aliphatic heterocycles. The SMILES string of the molecule is O=C(O)CCCC(=O)NCc1ccc([C@@H]2O[C@H](CSc3ncccn3)C[C@H](c3ccc(CO)cc3)O2)cc1. The van der Waals surface area contributed by atoms with Crippen LogP contribution in [-0.4, -0.2) is 43.9 Å². The van der Waals surface area contributed by atoms with Gasteiger partial charge in [-0.15, -0.1) is 0 Å². The Morgan fingerprint density at radius 2 is 1.63 bits per heavy atom. The molecule has 4 rings (SSSR count). The van der Waals surface area contributed by atoms with Gasteiger partial charge in [-0.2, -0.15) is 0 Å². The molecule has 0 radical (unpaired) electrons. The van der Waals surface area contributed by atoms with Gasteiger partial charge in [0.25, 0.3) is 0 Å². The molecule has 0 bridgehead atoms. The lowest BCUT2D eigenvalue weighted by molar-refractivity contribution is -0.245. The van der Waals surface area contributed by atoms with Gasteiger partial charge in [-0.3, -0.25) is 9.59 Å². The fraction of sp³-hybridized carbons (Fsp3) is 0.357. The molecule has 0 unspecified atom stereocenters. The Kier molecular flexibility index (Phi) is 10.2. The van der Waals surface area contributed by atoms with Crippen LogP contribution in [0.2, 0.25) is 0 Å². The summed E-state index contributed by atoms with van der Waals surface area (Å²) in [5, 5.41) is 21.6. The number of nitrogens with one attached hydrogen (secondary N) is 1. The standard InChI is InChI=1S/C28H31N3O6S/c32-17-20-7-9-21(10-8-20)24-15-23(18-38-28-29-13-2-14-30-28)36-27(37-24)22-11-5-19(6-12-22)16-31-25(33)3-1-4-26(34)35/h2,5-14,23-24,27,32H,1,3-4,15-18H2,(H,31,33)(H,34,35)/t23-,24+,27+/m0/s1. The van der Waals surface area contributed by atoms with E-state index >= 15 is 0 Å². The number of carbonyl (C=O) groups excluding carboxylic acids is 1. The van der Waals surface area contributed by atoms with Crippen LogP contribution in [0.15, 0.2) is 72.1 Å². The van der Waals surface area contributed by atoms with Crippen LogP contribution >= 0.6 is 11.8 Å². The molecule has 3 N–H and O–H groups in total. The summed E-state index contributed by atoms with van der Waals surface area (Å²) in [6, 6.07) is 17.2. The second kappa shape index (κ2) is 14.0. The van der Waals surface area contributed by atoms with Crippen LogP contribution in [-0.2, 0) is 32.2 Å². The van der Waals surface area contributed by atoms with Crippen molar-refractivity contribution >= 4 is 23.6 Å². The maximum Gasteiger partial charge on any atom is 0.303 e. The first-order chi connectivity index (χ1) is 18.5. The lowest BCUT2D eigenvalue weighted by atomic mass is 10.0. The molecule has 9 nitrogen and oxygen atoms in total. The highest BCUT2D eigenvalue weighted by Crippen LogP contribution is 2.39. The molecule has 3 aromatic rings. The van der Waals surface area contributed by atoms with Gasteiger partial charge in [0.1, 0.15) is 0 Å². The quantitative estimate of drug-likeness (QED) is 0.230. The Morgan fingerprint density at radius 1 is 0.947 bits per heavy atom. The minimum atomic E-state index is -0.904. The van der Waals surface area contributed by atoms with Gasteiger partial charge in [0, 0.05) is 49.5 Å². The lowest BCUT2D eigenvalue weighted by Crippen LogP contribution is -2.31. The van der Waals surface area contributed by atoms with Crippen LogP contribution in [0.1, 0.15) is 60.3 Å². The number of amides is 1. The van der Waals surface area contributed by atoms with E-state index in [1.54, 1.807) is 18.5 Å². The predicted octanol–water partition coefficient (Wildman–Crippen LogP) is 4.18. The summed E-state index contributed by atoms with van der Waals surface area (Å²) in [5.74, 6) is -0.410. The number of hydrogen-bond acceptors (Lipinski definition) is 8. The summed E-state index contributed by atoms with van der Waals surface area (Å²) in [4.78, 5) is 31.1. The number of rotatable bonds is 12. The summed E-state index contributed by atoms with van der Waals surface area (Å²) in [6.45, 7) is 0.345. The van der Waals surface area contributed by atoms with Crippen molar-refractivity contribution in [2.75, 3.05) is 5.75 Å². The monoisotopic (exact) mass is 537 g/mol. The maximum atomic E-state index is 12.0. The van der Waals surface area contributed by atoms with Gasteiger partial charge in [0.2, 0.25) is 5.91 Å². The Hall–Kier alpha value is -3.31. The Morgan fingerprint density at radius 3 is 2.32 bits per heavy atom. The van der Waals surface area contributed by atoms with Gasteiger partial charge in [0.15, 0.2) is 11.4 Å². The number of carboxylic acids is 1. The molecule has 1 aliphatic rings. The van der Waals surface area contributed by atoms with Gasteiger partial charge in [-0.05, 0) is 29.2 Å². The average molecular weight is 538 g/mol. The van der Waals surface area contributed by atoms with Crippen LogP contribution in [0, 0.1) is 0 Å². The van der Waals surface area contributed by atoms with Crippen LogP contribution in [0.5, 0.6) is 0 Å². The molecule has 0 saturated carbocycles. The van der Waals surface area contributed by atoms with E-state index in [-0.39, 0.29) is 37.6 Å². The van der Waals surface area contributed by atoms with Crippen molar-refractivity contribution in [1.82, 2.24) is 15.3 Å². The molecular weight excluding hydrogens is 506 g/mol. The number of aliphatic hydroxyl groups is 1. The number of hydrogen-bond donors (Lipinski definition) is 3. The second-order valence-corrected chi connectivity index (χ2v) is 9.95. The van der Waals surface area contributed by atoms with Crippen molar-refractivity contribution in [2.24, 2.45) is 0 Å². The minimum Gasteiger partial charge on any atom is -0.481 e. The third-order valence-corrected chi connectivity index (χ3v) is 7.10. The molecule has 1 fully saturated rings. The van der Waals surface area contributed by atoms with E-state index in [0.29, 0.717) is 30.3 Å². The number of aliphatic hydroxyl groups excluding tert-OH is 1. The van der Waals surface area contributed by atoms with Crippen molar-refractivity contribution in [3.8, 4) is 0 Å². The highest BCUT2D eigenvalue weighted by molar-refractivity contribution is 7.99. The highest BCUT2D eigenvalue weighted by Gasteiger charge is 2.32. The fourth-order valence-electron chi connectivity index (χ4n) is 4.03. The molecule has 2 heterocycles. The van der Waals surface area contributed by atoms with E-state index in [1.165, 1.54) is 11.8 Å². The van der Waals surface area contributed by atoms with Gasteiger partial charge in [-0.1, -0.05) is 60.3 Å². The number of ether oxygens (including phenoxy) is 2. The Balaban J connectivity index is 1.40. The maximum absolute atomic E-state index is 12.0. The number of aliphatic carboxylic acids is 1. The van der Waals surface area contributed by atoms with Crippen molar-refractivity contribution in [1.29, 1.82) is 0 Å².